The number of nitrogens with one attached hydrogen (secondary N) is 1. The maximum absolute atomic E-state index is 5.75. The van der Waals surface area contributed by atoms with Gasteiger partial charge in [-0.1, -0.05) is 26.8 Å². The van der Waals surface area contributed by atoms with Crippen molar-refractivity contribution in [3.63, 3.8) is 0 Å². The van der Waals surface area contributed by atoms with Crippen LogP contribution in [0, 0.1) is 0 Å². The lowest BCUT2D eigenvalue weighted by Crippen LogP contribution is -2.12. The first-order valence-electron chi connectivity index (χ1n) is 6.91. The van der Waals surface area contributed by atoms with E-state index in [0.29, 0.717) is 0 Å². The molecule has 0 atom stereocenters. The SMILES string of the molecule is CCCOc1ccc(CNCC)cc1OCCC. The zero-order valence-corrected chi connectivity index (χ0v) is 11.8. The highest BCUT2D eigenvalue weighted by molar-refractivity contribution is 5.43. The smallest absolute Gasteiger partial charge is 0.161 e. The van der Waals surface area contributed by atoms with E-state index in [-0.39, 0.29) is 0 Å². The van der Waals surface area contributed by atoms with Crippen LogP contribution in [-0.4, -0.2) is 19.8 Å². The van der Waals surface area contributed by atoms with Crippen LogP contribution in [0.3, 0.4) is 0 Å². The van der Waals surface area contributed by atoms with Crippen molar-refractivity contribution in [1.82, 2.24) is 5.32 Å². The minimum absolute atomic E-state index is 0.729. The van der Waals surface area contributed by atoms with Crippen LogP contribution >= 0.6 is 0 Å². The Morgan fingerprint density at radius 3 is 2.22 bits per heavy atom. The molecule has 18 heavy (non-hydrogen) atoms. The van der Waals surface area contributed by atoms with Crippen molar-refractivity contribution in [1.29, 1.82) is 0 Å². The van der Waals surface area contributed by atoms with Crippen LogP contribution in [0.1, 0.15) is 39.2 Å². The van der Waals surface area contributed by atoms with E-state index in [4.69, 9.17) is 9.47 Å². The molecule has 0 aliphatic carbocycles. The average Bonchev–Trinajstić information content (AvgIpc) is 2.41. The molecule has 0 saturated carbocycles. The second-order valence-corrected chi connectivity index (χ2v) is 4.26. The molecule has 0 unspecified atom stereocenters. The fraction of sp³-hybridized carbons (Fsp3) is 0.600. The first-order valence-corrected chi connectivity index (χ1v) is 6.91. The van der Waals surface area contributed by atoms with Crippen LogP contribution in [0.5, 0.6) is 11.5 Å². The fourth-order valence-corrected chi connectivity index (χ4v) is 1.59. The molecule has 0 bridgehead atoms. The Kier molecular flexibility index (Phi) is 7.26. The monoisotopic (exact) mass is 251 g/mol. The molecule has 0 heterocycles. The van der Waals surface area contributed by atoms with Gasteiger partial charge in [-0.25, -0.2) is 0 Å². The Labute approximate surface area is 110 Å². The summed E-state index contributed by atoms with van der Waals surface area (Å²) in [5.41, 5.74) is 1.23. The third kappa shape index (κ3) is 4.96. The van der Waals surface area contributed by atoms with Gasteiger partial charge in [-0.15, -0.1) is 0 Å². The number of benzene rings is 1. The minimum Gasteiger partial charge on any atom is -0.490 e. The molecule has 1 aromatic carbocycles. The lowest BCUT2D eigenvalue weighted by Gasteiger charge is -2.13. The highest BCUT2D eigenvalue weighted by Gasteiger charge is 2.06. The molecule has 0 aromatic heterocycles. The number of hydrogen-bond donors (Lipinski definition) is 1. The molecule has 1 rings (SSSR count). The van der Waals surface area contributed by atoms with E-state index in [0.717, 1.165) is 50.6 Å². The summed E-state index contributed by atoms with van der Waals surface area (Å²) >= 11 is 0. The van der Waals surface area contributed by atoms with E-state index in [9.17, 15) is 0 Å². The Hall–Kier alpha value is -1.22. The van der Waals surface area contributed by atoms with Crippen molar-refractivity contribution in [3.05, 3.63) is 23.8 Å². The van der Waals surface area contributed by atoms with E-state index in [2.05, 4.69) is 38.2 Å². The molecule has 3 heteroatoms. The predicted octanol–water partition coefficient (Wildman–Crippen LogP) is 3.37. The average molecular weight is 251 g/mol. The second-order valence-electron chi connectivity index (χ2n) is 4.26. The van der Waals surface area contributed by atoms with Crippen LogP contribution in [0.2, 0.25) is 0 Å². The molecule has 0 fully saturated rings. The van der Waals surface area contributed by atoms with E-state index < -0.39 is 0 Å². The topological polar surface area (TPSA) is 30.5 Å². The van der Waals surface area contributed by atoms with Gasteiger partial charge in [-0.2, -0.15) is 0 Å². The van der Waals surface area contributed by atoms with E-state index in [1.165, 1.54) is 5.56 Å². The zero-order valence-electron chi connectivity index (χ0n) is 11.8. The lowest BCUT2D eigenvalue weighted by atomic mass is 10.2. The number of ether oxygens (including phenoxy) is 2. The summed E-state index contributed by atoms with van der Waals surface area (Å²) in [5.74, 6) is 1.71. The Morgan fingerprint density at radius 1 is 0.944 bits per heavy atom. The van der Waals surface area contributed by atoms with Crippen molar-refractivity contribution in [2.45, 2.75) is 40.2 Å². The lowest BCUT2D eigenvalue weighted by molar-refractivity contribution is 0.268. The first-order chi connectivity index (χ1) is 8.81. The molecule has 0 saturated heterocycles. The van der Waals surface area contributed by atoms with E-state index >= 15 is 0 Å². The maximum atomic E-state index is 5.75. The summed E-state index contributed by atoms with van der Waals surface area (Å²) in [6, 6.07) is 6.17. The van der Waals surface area contributed by atoms with E-state index in [1.807, 2.05) is 6.07 Å². The highest BCUT2D eigenvalue weighted by atomic mass is 16.5. The van der Waals surface area contributed by atoms with Crippen molar-refractivity contribution in [3.8, 4) is 11.5 Å². The maximum Gasteiger partial charge on any atom is 0.161 e. The zero-order chi connectivity index (χ0) is 13.2. The Balaban J connectivity index is 2.74. The summed E-state index contributed by atoms with van der Waals surface area (Å²) in [4.78, 5) is 0. The molecule has 1 aromatic rings. The second kappa shape index (κ2) is 8.81. The molecular formula is C15H25NO2. The van der Waals surface area contributed by atoms with Gasteiger partial charge in [-0.05, 0) is 37.1 Å². The van der Waals surface area contributed by atoms with Gasteiger partial charge in [0.25, 0.3) is 0 Å². The molecule has 3 nitrogen and oxygen atoms in total. The standard InChI is InChI=1S/C15H25NO2/c1-4-9-17-14-8-7-13(12-16-6-3)11-15(14)18-10-5-2/h7-8,11,16H,4-6,9-10,12H2,1-3H3. The van der Waals surface area contributed by atoms with Crippen molar-refractivity contribution < 1.29 is 9.47 Å². The third-order valence-corrected chi connectivity index (χ3v) is 2.51. The van der Waals surface area contributed by atoms with Crippen molar-refractivity contribution >= 4 is 0 Å². The highest BCUT2D eigenvalue weighted by Crippen LogP contribution is 2.28. The molecule has 0 spiro atoms. The van der Waals surface area contributed by atoms with Crippen LogP contribution in [0.25, 0.3) is 0 Å². The third-order valence-electron chi connectivity index (χ3n) is 2.51. The van der Waals surface area contributed by atoms with Crippen LogP contribution < -0.4 is 14.8 Å². The summed E-state index contributed by atoms with van der Waals surface area (Å²) in [6.45, 7) is 9.61. The number of hydrogen-bond acceptors (Lipinski definition) is 3. The Morgan fingerprint density at radius 2 is 1.61 bits per heavy atom. The van der Waals surface area contributed by atoms with Gasteiger partial charge in [0.2, 0.25) is 0 Å². The quantitative estimate of drug-likeness (QED) is 0.730. The van der Waals surface area contributed by atoms with E-state index in [1.54, 1.807) is 0 Å². The number of rotatable bonds is 9. The van der Waals surface area contributed by atoms with Gasteiger partial charge in [0.1, 0.15) is 0 Å². The van der Waals surface area contributed by atoms with Crippen molar-refractivity contribution in [2.75, 3.05) is 19.8 Å². The van der Waals surface area contributed by atoms with Gasteiger partial charge in [0.15, 0.2) is 11.5 Å². The van der Waals surface area contributed by atoms with Gasteiger partial charge >= 0.3 is 0 Å². The van der Waals surface area contributed by atoms with Crippen LogP contribution in [-0.2, 0) is 6.54 Å². The van der Waals surface area contributed by atoms with Gasteiger partial charge in [0.05, 0.1) is 13.2 Å². The van der Waals surface area contributed by atoms with Gasteiger partial charge in [-0.3, -0.25) is 0 Å². The van der Waals surface area contributed by atoms with Gasteiger partial charge in [0, 0.05) is 6.54 Å². The molecule has 0 aliphatic rings. The van der Waals surface area contributed by atoms with Crippen LogP contribution in [0.4, 0.5) is 0 Å². The molecule has 0 aliphatic heterocycles. The van der Waals surface area contributed by atoms with Crippen molar-refractivity contribution in [2.24, 2.45) is 0 Å². The largest absolute Gasteiger partial charge is 0.490 e. The summed E-state index contributed by atoms with van der Waals surface area (Å²) in [5, 5.41) is 3.31. The summed E-state index contributed by atoms with van der Waals surface area (Å²) in [7, 11) is 0. The summed E-state index contributed by atoms with van der Waals surface area (Å²) in [6.07, 6.45) is 2.01. The van der Waals surface area contributed by atoms with Crippen LogP contribution in [0.15, 0.2) is 18.2 Å². The minimum atomic E-state index is 0.729. The van der Waals surface area contributed by atoms with Gasteiger partial charge < -0.3 is 14.8 Å². The molecule has 0 amide bonds. The summed E-state index contributed by atoms with van der Waals surface area (Å²) < 4.78 is 11.4. The fourth-order valence-electron chi connectivity index (χ4n) is 1.59. The normalized spacial score (nSPS) is 10.4. The molecule has 1 N–H and O–H groups in total. The predicted molar refractivity (Wildman–Crippen MR) is 75.4 cm³/mol. The molecule has 0 radical (unpaired) electrons. The Bertz CT molecular complexity index is 339. The first kappa shape index (κ1) is 14.8. The molecular weight excluding hydrogens is 226 g/mol. The molecule has 102 valence electrons.